The highest BCUT2D eigenvalue weighted by Gasteiger charge is 2.15. The Morgan fingerprint density at radius 3 is 3.00 bits per heavy atom. The lowest BCUT2D eigenvalue weighted by atomic mass is 10.2. The van der Waals surface area contributed by atoms with Gasteiger partial charge in [-0.25, -0.2) is 9.67 Å². The standard InChI is InChI=1S/C18H20N6O2.ClH/c25-17(15-12-23-9-7-19-6-5-16(23)22-15)20-8-10-24-18(26)14-4-2-1-3-13(14)11-21-24;/h1-4,11-12,19H,5-10H2,(H,20,25);1H. The van der Waals surface area contributed by atoms with E-state index in [0.717, 1.165) is 37.3 Å². The molecular formula is C18H21ClN6O2. The Hall–Kier alpha value is -2.71. The number of halogens is 1. The summed E-state index contributed by atoms with van der Waals surface area (Å²) >= 11 is 0. The molecule has 1 amide bonds. The molecule has 0 unspecified atom stereocenters. The Balaban J connectivity index is 0.00000210. The molecule has 3 heterocycles. The zero-order valence-corrected chi connectivity index (χ0v) is 15.5. The molecular weight excluding hydrogens is 368 g/mol. The van der Waals surface area contributed by atoms with Gasteiger partial charge in [-0.3, -0.25) is 9.59 Å². The van der Waals surface area contributed by atoms with Crippen LogP contribution in [0, 0.1) is 0 Å². The number of benzene rings is 1. The van der Waals surface area contributed by atoms with E-state index < -0.39 is 0 Å². The summed E-state index contributed by atoms with van der Waals surface area (Å²) in [7, 11) is 0. The molecule has 3 aromatic rings. The number of aromatic nitrogens is 4. The van der Waals surface area contributed by atoms with Gasteiger partial charge in [-0.1, -0.05) is 18.2 Å². The van der Waals surface area contributed by atoms with Crippen molar-refractivity contribution in [3.63, 3.8) is 0 Å². The fourth-order valence-electron chi connectivity index (χ4n) is 3.13. The number of hydrogen-bond acceptors (Lipinski definition) is 5. The van der Waals surface area contributed by atoms with Gasteiger partial charge in [0.05, 0.1) is 18.1 Å². The summed E-state index contributed by atoms with van der Waals surface area (Å²) in [6.07, 6.45) is 4.26. The van der Waals surface area contributed by atoms with Crippen molar-refractivity contribution in [3.05, 3.63) is 58.5 Å². The Morgan fingerprint density at radius 1 is 1.26 bits per heavy atom. The molecule has 1 aliphatic rings. The van der Waals surface area contributed by atoms with E-state index in [1.54, 1.807) is 18.5 Å². The minimum atomic E-state index is -0.229. The molecule has 9 heteroatoms. The average molecular weight is 389 g/mol. The molecule has 1 aromatic carbocycles. The number of rotatable bonds is 4. The van der Waals surface area contributed by atoms with Crippen molar-refractivity contribution in [2.75, 3.05) is 19.6 Å². The molecule has 0 radical (unpaired) electrons. The van der Waals surface area contributed by atoms with E-state index in [1.807, 2.05) is 22.8 Å². The van der Waals surface area contributed by atoms with E-state index >= 15 is 0 Å². The Morgan fingerprint density at radius 2 is 2.11 bits per heavy atom. The van der Waals surface area contributed by atoms with Crippen LogP contribution in [0.3, 0.4) is 0 Å². The minimum absolute atomic E-state index is 0. The number of nitrogens with one attached hydrogen (secondary N) is 2. The highest BCUT2D eigenvalue weighted by molar-refractivity contribution is 5.92. The van der Waals surface area contributed by atoms with Crippen LogP contribution in [0.4, 0.5) is 0 Å². The van der Waals surface area contributed by atoms with Crippen LogP contribution in [0.5, 0.6) is 0 Å². The lowest BCUT2D eigenvalue weighted by Gasteiger charge is -2.07. The van der Waals surface area contributed by atoms with Crippen LogP contribution in [0.2, 0.25) is 0 Å². The second kappa shape index (κ2) is 8.32. The van der Waals surface area contributed by atoms with E-state index in [9.17, 15) is 9.59 Å². The van der Waals surface area contributed by atoms with Crippen LogP contribution in [-0.4, -0.2) is 44.9 Å². The van der Waals surface area contributed by atoms with Crippen molar-refractivity contribution in [3.8, 4) is 0 Å². The maximum Gasteiger partial charge on any atom is 0.274 e. The number of hydrogen-bond donors (Lipinski definition) is 2. The fourth-order valence-corrected chi connectivity index (χ4v) is 3.13. The number of amides is 1. The topological polar surface area (TPSA) is 93.8 Å². The predicted octanol–water partition coefficient (Wildman–Crippen LogP) is 0.590. The summed E-state index contributed by atoms with van der Waals surface area (Å²) in [6.45, 7) is 3.18. The van der Waals surface area contributed by atoms with Gasteiger partial charge in [0, 0.05) is 44.2 Å². The van der Waals surface area contributed by atoms with Crippen molar-refractivity contribution >= 4 is 29.1 Å². The van der Waals surface area contributed by atoms with Gasteiger partial charge in [0.15, 0.2) is 0 Å². The van der Waals surface area contributed by atoms with Crippen molar-refractivity contribution in [2.45, 2.75) is 19.5 Å². The van der Waals surface area contributed by atoms with E-state index in [4.69, 9.17) is 0 Å². The smallest absolute Gasteiger partial charge is 0.274 e. The van der Waals surface area contributed by atoms with Gasteiger partial charge in [-0.15, -0.1) is 12.4 Å². The molecule has 1 aliphatic heterocycles. The largest absolute Gasteiger partial charge is 0.349 e. The first-order valence-corrected chi connectivity index (χ1v) is 8.72. The lowest BCUT2D eigenvalue weighted by molar-refractivity contribution is 0.0947. The first-order valence-electron chi connectivity index (χ1n) is 8.72. The fraction of sp³-hybridized carbons (Fsp3) is 0.333. The summed E-state index contributed by atoms with van der Waals surface area (Å²) in [5.74, 6) is 0.694. The van der Waals surface area contributed by atoms with Gasteiger partial charge in [-0.05, 0) is 6.07 Å². The number of carbonyl (C=O) groups is 1. The van der Waals surface area contributed by atoms with Crippen LogP contribution in [-0.2, 0) is 19.5 Å². The van der Waals surface area contributed by atoms with Crippen molar-refractivity contribution in [2.24, 2.45) is 0 Å². The predicted molar refractivity (Wildman–Crippen MR) is 104 cm³/mol. The van der Waals surface area contributed by atoms with Gasteiger partial charge in [0.25, 0.3) is 11.5 Å². The summed E-state index contributed by atoms with van der Waals surface area (Å²) in [6, 6.07) is 7.33. The highest BCUT2D eigenvalue weighted by atomic mass is 35.5. The normalized spacial score (nSPS) is 13.5. The molecule has 0 bridgehead atoms. The van der Waals surface area contributed by atoms with Crippen molar-refractivity contribution in [1.29, 1.82) is 0 Å². The van der Waals surface area contributed by atoms with E-state index in [0.29, 0.717) is 24.2 Å². The lowest BCUT2D eigenvalue weighted by Crippen LogP contribution is -2.32. The quantitative estimate of drug-likeness (QED) is 0.682. The zero-order chi connectivity index (χ0) is 17.9. The second-order valence-corrected chi connectivity index (χ2v) is 6.25. The van der Waals surface area contributed by atoms with E-state index in [-0.39, 0.29) is 23.9 Å². The maximum atomic E-state index is 12.4. The van der Waals surface area contributed by atoms with Gasteiger partial charge < -0.3 is 15.2 Å². The van der Waals surface area contributed by atoms with Crippen LogP contribution in [0.25, 0.3) is 10.8 Å². The molecule has 0 saturated carbocycles. The van der Waals surface area contributed by atoms with Crippen molar-refractivity contribution in [1.82, 2.24) is 30.0 Å². The Bertz CT molecular complexity index is 989. The van der Waals surface area contributed by atoms with Crippen molar-refractivity contribution < 1.29 is 4.79 Å². The molecule has 0 aliphatic carbocycles. The summed E-state index contributed by atoms with van der Waals surface area (Å²) in [5, 5.41) is 11.7. The molecule has 0 atom stereocenters. The van der Waals surface area contributed by atoms with Crippen LogP contribution in [0.1, 0.15) is 16.3 Å². The van der Waals surface area contributed by atoms with Crippen LogP contribution in [0.15, 0.2) is 41.5 Å². The molecule has 2 N–H and O–H groups in total. The van der Waals surface area contributed by atoms with Gasteiger partial charge in [0.2, 0.25) is 0 Å². The number of nitrogens with zero attached hydrogens (tertiary/aromatic N) is 4. The third-order valence-electron chi connectivity index (χ3n) is 4.52. The molecule has 8 nitrogen and oxygen atoms in total. The maximum absolute atomic E-state index is 12.4. The van der Waals surface area contributed by atoms with Crippen LogP contribution >= 0.6 is 12.4 Å². The minimum Gasteiger partial charge on any atom is -0.349 e. The molecule has 27 heavy (non-hydrogen) atoms. The van der Waals surface area contributed by atoms with Crippen LogP contribution < -0.4 is 16.2 Å². The molecule has 0 saturated heterocycles. The summed E-state index contributed by atoms with van der Waals surface area (Å²) in [5.41, 5.74) is 0.263. The monoisotopic (exact) mass is 388 g/mol. The molecule has 0 spiro atoms. The Kier molecular flexibility index (Phi) is 5.88. The first kappa shape index (κ1) is 19.1. The summed E-state index contributed by atoms with van der Waals surface area (Å²) < 4.78 is 3.39. The molecule has 0 fully saturated rings. The zero-order valence-electron chi connectivity index (χ0n) is 14.7. The third-order valence-corrected chi connectivity index (χ3v) is 4.52. The average Bonchev–Trinajstić information content (AvgIpc) is 2.94. The molecule has 4 rings (SSSR count). The summed E-state index contributed by atoms with van der Waals surface area (Å²) in [4.78, 5) is 29.2. The van der Waals surface area contributed by atoms with Gasteiger partial charge >= 0.3 is 0 Å². The SMILES string of the molecule is Cl.O=C(NCCn1ncc2ccccc2c1=O)c1cn2c(n1)CCNCC2. The highest BCUT2D eigenvalue weighted by Crippen LogP contribution is 2.07. The Labute approximate surface area is 162 Å². The number of imidazole rings is 1. The third kappa shape index (κ3) is 4.01. The van der Waals surface area contributed by atoms with E-state index in [1.165, 1.54) is 4.68 Å². The van der Waals surface area contributed by atoms with E-state index in [2.05, 4.69) is 20.7 Å². The first-order chi connectivity index (χ1) is 12.7. The number of carbonyl (C=O) groups excluding carboxylic acids is 1. The molecule has 2 aromatic heterocycles. The van der Waals surface area contributed by atoms with Gasteiger partial charge in [-0.2, -0.15) is 5.10 Å². The second-order valence-electron chi connectivity index (χ2n) is 6.25. The molecule has 142 valence electrons. The number of fused-ring (bicyclic) bond motifs is 2. The van der Waals surface area contributed by atoms with Gasteiger partial charge in [0.1, 0.15) is 11.5 Å².